The van der Waals surface area contributed by atoms with Gasteiger partial charge in [0, 0.05) is 6.04 Å². The molecule has 1 unspecified atom stereocenters. The molecule has 1 aromatic heterocycles. The van der Waals surface area contributed by atoms with E-state index >= 15 is 0 Å². The highest BCUT2D eigenvalue weighted by Gasteiger charge is 2.17. The first-order chi connectivity index (χ1) is 8.60. The molecule has 1 N–H and O–H groups in total. The normalized spacial score (nSPS) is 12.4. The molecule has 0 aromatic carbocycles. The molecule has 102 valence electrons. The molecule has 0 amide bonds. The van der Waals surface area contributed by atoms with Crippen LogP contribution in [0.5, 0.6) is 0 Å². The summed E-state index contributed by atoms with van der Waals surface area (Å²) in [6.07, 6.45) is 5.91. The lowest BCUT2D eigenvalue weighted by molar-refractivity contribution is 0.101. The first-order valence-electron chi connectivity index (χ1n) is 6.83. The predicted molar refractivity (Wildman–Crippen MR) is 78.7 cm³/mol. The van der Waals surface area contributed by atoms with Crippen LogP contribution < -0.4 is 5.32 Å². The fraction of sp³-hybridized carbons (Fsp3) is 0.714. The number of hydrogen-bond donors (Lipinski definition) is 1. The largest absolute Gasteiger partial charge is 0.372 e. The lowest BCUT2D eigenvalue weighted by Crippen LogP contribution is -2.19. The summed E-state index contributed by atoms with van der Waals surface area (Å²) in [4.78, 5) is 11.6. The van der Waals surface area contributed by atoms with Crippen molar-refractivity contribution in [3.05, 3.63) is 11.3 Å². The summed E-state index contributed by atoms with van der Waals surface area (Å²) < 4.78 is 4.29. The number of Topliss-reactive ketones (excluding diaryl/α,β-unsaturated/α-hetero) is 1. The maximum Gasteiger partial charge on any atom is 0.164 e. The fourth-order valence-corrected chi connectivity index (χ4v) is 3.08. The smallest absolute Gasteiger partial charge is 0.164 e. The Morgan fingerprint density at radius 1 is 1.33 bits per heavy atom. The number of nitrogens with zero attached hydrogens (tertiary/aromatic N) is 1. The van der Waals surface area contributed by atoms with E-state index in [0.29, 0.717) is 6.04 Å². The van der Waals surface area contributed by atoms with Crippen molar-refractivity contribution < 1.29 is 4.79 Å². The Labute approximate surface area is 114 Å². The topological polar surface area (TPSA) is 42.0 Å². The average molecular weight is 268 g/mol. The molecule has 0 spiro atoms. The minimum atomic E-state index is 0.106. The van der Waals surface area contributed by atoms with Gasteiger partial charge in [0.15, 0.2) is 5.78 Å². The molecule has 1 heterocycles. The van der Waals surface area contributed by atoms with Crippen molar-refractivity contribution >= 4 is 22.3 Å². The predicted octanol–water partition coefficient (Wildman–Crippen LogP) is 4.42. The van der Waals surface area contributed by atoms with Gasteiger partial charge in [-0.3, -0.25) is 4.79 Å². The number of anilines is 1. The molecule has 0 aliphatic carbocycles. The number of hydrogen-bond acceptors (Lipinski definition) is 4. The van der Waals surface area contributed by atoms with Gasteiger partial charge in [0.05, 0.1) is 11.3 Å². The molecule has 0 saturated heterocycles. The molecular weight excluding hydrogens is 244 g/mol. The summed E-state index contributed by atoms with van der Waals surface area (Å²) in [6, 6.07) is 0.466. The van der Waals surface area contributed by atoms with Crippen LogP contribution in [0.4, 0.5) is 5.00 Å². The van der Waals surface area contributed by atoms with Gasteiger partial charge in [0.1, 0.15) is 5.00 Å². The van der Waals surface area contributed by atoms with Gasteiger partial charge in [-0.2, -0.15) is 4.37 Å². The summed E-state index contributed by atoms with van der Waals surface area (Å²) in [7, 11) is 0. The van der Waals surface area contributed by atoms with Crippen LogP contribution in [0.15, 0.2) is 0 Å². The Bertz CT molecular complexity index is 387. The van der Waals surface area contributed by atoms with Gasteiger partial charge in [-0.25, -0.2) is 0 Å². The van der Waals surface area contributed by atoms with Crippen LogP contribution >= 0.6 is 11.5 Å². The molecule has 0 bridgehead atoms. The number of nitrogens with one attached hydrogen (secondary N) is 1. The Morgan fingerprint density at radius 2 is 2.06 bits per heavy atom. The third kappa shape index (κ3) is 4.09. The standard InChI is InChI=1S/C14H24N2OS/c1-5-7-9-12(8-6-2)15-14-13(11(4)17)10(3)16-18-14/h12,15H,5-9H2,1-4H3. The van der Waals surface area contributed by atoms with E-state index in [1.54, 1.807) is 6.92 Å². The van der Waals surface area contributed by atoms with Gasteiger partial charge in [-0.05, 0) is 38.2 Å². The monoisotopic (exact) mass is 268 g/mol. The summed E-state index contributed by atoms with van der Waals surface area (Å²) in [5.41, 5.74) is 1.62. The van der Waals surface area contributed by atoms with Crippen LogP contribution in [-0.4, -0.2) is 16.2 Å². The van der Waals surface area contributed by atoms with E-state index in [-0.39, 0.29) is 5.78 Å². The van der Waals surface area contributed by atoms with E-state index in [2.05, 4.69) is 23.5 Å². The Morgan fingerprint density at radius 3 is 2.61 bits per heavy atom. The van der Waals surface area contributed by atoms with Crippen LogP contribution in [0.3, 0.4) is 0 Å². The number of ketones is 1. The summed E-state index contributed by atoms with van der Waals surface area (Å²) >= 11 is 1.41. The number of aromatic nitrogens is 1. The van der Waals surface area contributed by atoms with Crippen molar-refractivity contribution in [2.24, 2.45) is 0 Å². The summed E-state index contributed by atoms with van der Waals surface area (Å²) in [6.45, 7) is 7.92. The van der Waals surface area contributed by atoms with Gasteiger partial charge >= 0.3 is 0 Å². The van der Waals surface area contributed by atoms with Gasteiger partial charge in [-0.15, -0.1) is 0 Å². The molecule has 0 fully saturated rings. The van der Waals surface area contributed by atoms with Gasteiger partial charge < -0.3 is 5.32 Å². The first-order valence-corrected chi connectivity index (χ1v) is 7.61. The number of unbranched alkanes of at least 4 members (excludes halogenated alkanes) is 1. The SMILES string of the molecule is CCCCC(CCC)Nc1snc(C)c1C(C)=O. The molecule has 0 saturated carbocycles. The first kappa shape index (κ1) is 15.2. The highest BCUT2D eigenvalue weighted by atomic mass is 32.1. The zero-order valence-corrected chi connectivity index (χ0v) is 12.7. The molecule has 3 nitrogen and oxygen atoms in total. The highest BCUT2D eigenvalue weighted by Crippen LogP contribution is 2.27. The van der Waals surface area contributed by atoms with E-state index in [1.165, 1.54) is 30.8 Å². The zero-order chi connectivity index (χ0) is 13.5. The third-order valence-corrected chi connectivity index (χ3v) is 3.96. The third-order valence-electron chi connectivity index (χ3n) is 3.09. The Hall–Kier alpha value is -0.900. The van der Waals surface area contributed by atoms with E-state index in [9.17, 15) is 4.79 Å². The number of carbonyl (C=O) groups is 1. The van der Waals surface area contributed by atoms with E-state index in [1.807, 2.05) is 6.92 Å². The van der Waals surface area contributed by atoms with Crippen LogP contribution in [0.2, 0.25) is 0 Å². The zero-order valence-electron chi connectivity index (χ0n) is 11.9. The molecule has 1 atom stereocenters. The molecule has 4 heteroatoms. The Kier molecular flexibility index (Phi) is 6.33. The highest BCUT2D eigenvalue weighted by molar-refractivity contribution is 7.10. The van der Waals surface area contributed by atoms with E-state index in [4.69, 9.17) is 0 Å². The van der Waals surface area contributed by atoms with Gasteiger partial charge in [0.25, 0.3) is 0 Å². The van der Waals surface area contributed by atoms with E-state index < -0.39 is 0 Å². The van der Waals surface area contributed by atoms with Crippen molar-refractivity contribution in [1.29, 1.82) is 0 Å². The minimum absolute atomic E-state index is 0.106. The van der Waals surface area contributed by atoms with Crippen LogP contribution in [0.1, 0.15) is 68.9 Å². The number of carbonyl (C=O) groups excluding carboxylic acids is 1. The molecule has 1 rings (SSSR count). The van der Waals surface area contributed by atoms with Crippen LogP contribution in [0.25, 0.3) is 0 Å². The fourth-order valence-electron chi connectivity index (χ4n) is 2.16. The minimum Gasteiger partial charge on any atom is -0.372 e. The quantitative estimate of drug-likeness (QED) is 0.709. The summed E-state index contributed by atoms with van der Waals surface area (Å²) in [5, 5.41) is 4.47. The van der Waals surface area contributed by atoms with Crippen molar-refractivity contribution in [2.45, 2.75) is 65.8 Å². The maximum absolute atomic E-state index is 11.6. The molecule has 1 aromatic rings. The second kappa shape index (κ2) is 7.52. The van der Waals surface area contributed by atoms with Crippen LogP contribution in [-0.2, 0) is 0 Å². The lowest BCUT2D eigenvalue weighted by atomic mass is 10.0. The molecular formula is C14H24N2OS. The second-order valence-electron chi connectivity index (χ2n) is 4.80. The lowest BCUT2D eigenvalue weighted by Gasteiger charge is -2.18. The van der Waals surface area contributed by atoms with Crippen molar-refractivity contribution in [2.75, 3.05) is 5.32 Å². The second-order valence-corrected chi connectivity index (χ2v) is 5.57. The van der Waals surface area contributed by atoms with Crippen molar-refractivity contribution in [3.8, 4) is 0 Å². The number of rotatable bonds is 8. The molecule has 18 heavy (non-hydrogen) atoms. The van der Waals surface area contributed by atoms with Gasteiger partial charge in [-0.1, -0.05) is 33.1 Å². The van der Waals surface area contributed by atoms with Gasteiger partial charge in [0.2, 0.25) is 0 Å². The molecule has 0 aliphatic rings. The molecule has 0 radical (unpaired) electrons. The number of aryl methyl sites for hydroxylation is 1. The average Bonchev–Trinajstić information content (AvgIpc) is 2.67. The van der Waals surface area contributed by atoms with Crippen molar-refractivity contribution in [1.82, 2.24) is 4.37 Å². The maximum atomic E-state index is 11.6. The van der Waals surface area contributed by atoms with Crippen LogP contribution in [0, 0.1) is 6.92 Å². The Balaban J connectivity index is 2.76. The van der Waals surface area contributed by atoms with Crippen molar-refractivity contribution in [3.63, 3.8) is 0 Å². The summed E-state index contributed by atoms with van der Waals surface area (Å²) in [5.74, 6) is 0.106. The van der Waals surface area contributed by atoms with E-state index in [0.717, 1.165) is 29.1 Å². The molecule has 0 aliphatic heterocycles.